The maximum atomic E-state index is 11.7. The second kappa shape index (κ2) is 8.08. The molecule has 0 unspecified atom stereocenters. The number of amides is 1. The van der Waals surface area contributed by atoms with Crippen LogP contribution < -0.4 is 10.7 Å². The van der Waals surface area contributed by atoms with E-state index in [1.807, 2.05) is 72.1 Å². The molecule has 3 aromatic rings. The van der Waals surface area contributed by atoms with Crippen LogP contribution in [0.3, 0.4) is 0 Å². The summed E-state index contributed by atoms with van der Waals surface area (Å²) in [6, 6.07) is 21.7. The van der Waals surface area contributed by atoms with Crippen molar-refractivity contribution in [1.29, 1.82) is 0 Å². The van der Waals surface area contributed by atoms with E-state index in [4.69, 9.17) is 0 Å². The highest BCUT2D eigenvalue weighted by Gasteiger charge is 2.02. The molecule has 1 aromatic heterocycles. The van der Waals surface area contributed by atoms with Crippen LogP contribution in [-0.4, -0.2) is 12.1 Å². The van der Waals surface area contributed by atoms with Crippen molar-refractivity contribution < 1.29 is 4.79 Å². The van der Waals surface area contributed by atoms with Crippen molar-refractivity contribution in [1.82, 2.24) is 5.43 Å². The number of anilines is 2. The number of rotatable bonds is 6. The zero-order chi connectivity index (χ0) is 16.6. The Morgan fingerprint density at radius 2 is 1.71 bits per heavy atom. The van der Waals surface area contributed by atoms with E-state index < -0.39 is 0 Å². The van der Waals surface area contributed by atoms with Crippen molar-refractivity contribution in [2.45, 2.75) is 6.42 Å². The van der Waals surface area contributed by atoms with Crippen LogP contribution in [0.5, 0.6) is 0 Å². The standard InChI is InChI=1S/C19H17N3OS/c23-19(13-18-7-4-12-24-18)22-20-14-15-8-10-17(11-9-15)21-16-5-2-1-3-6-16/h1-12,14,21H,13H2,(H,22,23)/b20-14-. The molecule has 0 saturated heterocycles. The topological polar surface area (TPSA) is 53.5 Å². The fourth-order valence-corrected chi connectivity index (χ4v) is 2.83. The van der Waals surface area contributed by atoms with Crippen LogP contribution >= 0.6 is 11.3 Å². The van der Waals surface area contributed by atoms with Gasteiger partial charge in [0.05, 0.1) is 12.6 Å². The quantitative estimate of drug-likeness (QED) is 0.524. The Balaban J connectivity index is 1.51. The first-order valence-electron chi connectivity index (χ1n) is 7.56. The van der Waals surface area contributed by atoms with Crippen LogP contribution in [0.25, 0.3) is 0 Å². The lowest BCUT2D eigenvalue weighted by molar-refractivity contribution is -0.120. The Hall–Kier alpha value is -2.92. The number of benzene rings is 2. The first-order chi connectivity index (χ1) is 11.8. The van der Waals surface area contributed by atoms with Crippen molar-refractivity contribution in [3.8, 4) is 0 Å². The zero-order valence-corrected chi connectivity index (χ0v) is 13.8. The van der Waals surface area contributed by atoms with Gasteiger partial charge in [-0.05, 0) is 41.3 Å². The molecule has 0 saturated carbocycles. The fraction of sp³-hybridized carbons (Fsp3) is 0.0526. The van der Waals surface area contributed by atoms with E-state index in [1.165, 1.54) is 0 Å². The first-order valence-corrected chi connectivity index (χ1v) is 8.44. The zero-order valence-electron chi connectivity index (χ0n) is 13.0. The summed E-state index contributed by atoms with van der Waals surface area (Å²) in [6.07, 6.45) is 1.99. The minimum atomic E-state index is -0.115. The van der Waals surface area contributed by atoms with E-state index in [-0.39, 0.29) is 5.91 Å². The second-order valence-electron chi connectivity index (χ2n) is 5.16. The number of carbonyl (C=O) groups excluding carboxylic acids is 1. The predicted octanol–water partition coefficient (Wildman–Crippen LogP) is 4.18. The average molecular weight is 335 g/mol. The summed E-state index contributed by atoms with van der Waals surface area (Å²) in [6.45, 7) is 0. The summed E-state index contributed by atoms with van der Waals surface area (Å²) in [4.78, 5) is 12.8. The lowest BCUT2D eigenvalue weighted by Gasteiger charge is -2.06. The first kappa shape index (κ1) is 16.0. The smallest absolute Gasteiger partial charge is 0.245 e. The van der Waals surface area contributed by atoms with E-state index in [0.717, 1.165) is 21.8 Å². The molecule has 1 heterocycles. The highest BCUT2D eigenvalue weighted by Crippen LogP contribution is 2.16. The summed E-state index contributed by atoms with van der Waals surface area (Å²) in [5, 5.41) is 9.27. The van der Waals surface area contributed by atoms with E-state index in [1.54, 1.807) is 17.6 Å². The van der Waals surface area contributed by atoms with Gasteiger partial charge in [-0.15, -0.1) is 11.3 Å². The molecule has 0 fully saturated rings. The number of nitrogens with zero attached hydrogens (tertiary/aromatic N) is 1. The molecule has 24 heavy (non-hydrogen) atoms. The van der Waals surface area contributed by atoms with Gasteiger partial charge in [0.2, 0.25) is 5.91 Å². The Morgan fingerprint density at radius 1 is 0.958 bits per heavy atom. The number of para-hydroxylation sites is 1. The Bertz CT molecular complexity index is 796. The molecule has 120 valence electrons. The van der Waals surface area contributed by atoms with Gasteiger partial charge in [0.25, 0.3) is 0 Å². The van der Waals surface area contributed by atoms with Crippen molar-refractivity contribution >= 4 is 34.8 Å². The normalized spacial score (nSPS) is 10.7. The van der Waals surface area contributed by atoms with Crippen LogP contribution in [-0.2, 0) is 11.2 Å². The third-order valence-corrected chi connectivity index (χ3v) is 4.17. The molecule has 0 aliphatic heterocycles. The van der Waals surface area contributed by atoms with Gasteiger partial charge in [0, 0.05) is 16.3 Å². The third-order valence-electron chi connectivity index (χ3n) is 3.29. The highest BCUT2D eigenvalue weighted by atomic mass is 32.1. The summed E-state index contributed by atoms with van der Waals surface area (Å²) >= 11 is 1.56. The molecule has 0 aliphatic carbocycles. The molecule has 5 heteroatoms. The SMILES string of the molecule is O=C(Cc1cccs1)N/N=C\c1ccc(Nc2ccccc2)cc1. The van der Waals surface area contributed by atoms with Crippen LogP contribution in [0.15, 0.2) is 77.2 Å². The molecule has 0 radical (unpaired) electrons. The van der Waals surface area contributed by atoms with E-state index in [0.29, 0.717) is 6.42 Å². The number of hydrazone groups is 1. The fourth-order valence-electron chi connectivity index (χ4n) is 2.13. The van der Waals surface area contributed by atoms with Crippen LogP contribution in [0.2, 0.25) is 0 Å². The minimum absolute atomic E-state index is 0.115. The van der Waals surface area contributed by atoms with Crippen molar-refractivity contribution in [2.75, 3.05) is 5.32 Å². The van der Waals surface area contributed by atoms with E-state index >= 15 is 0 Å². The Kier molecular flexibility index (Phi) is 5.37. The maximum absolute atomic E-state index is 11.7. The lowest BCUT2D eigenvalue weighted by Crippen LogP contribution is -2.19. The molecule has 0 atom stereocenters. The van der Waals surface area contributed by atoms with Crippen molar-refractivity contribution in [3.63, 3.8) is 0 Å². The van der Waals surface area contributed by atoms with Gasteiger partial charge in [-0.25, -0.2) is 5.43 Å². The highest BCUT2D eigenvalue weighted by molar-refractivity contribution is 7.10. The average Bonchev–Trinajstić information content (AvgIpc) is 3.10. The monoisotopic (exact) mass is 335 g/mol. The molecular weight excluding hydrogens is 318 g/mol. The van der Waals surface area contributed by atoms with Crippen LogP contribution in [0.4, 0.5) is 11.4 Å². The predicted molar refractivity (Wildman–Crippen MR) is 99.9 cm³/mol. The van der Waals surface area contributed by atoms with Crippen LogP contribution in [0.1, 0.15) is 10.4 Å². The Labute approximate surface area is 144 Å². The largest absolute Gasteiger partial charge is 0.356 e. The van der Waals surface area contributed by atoms with Gasteiger partial charge in [-0.3, -0.25) is 4.79 Å². The number of hydrogen-bond donors (Lipinski definition) is 2. The van der Waals surface area contributed by atoms with Gasteiger partial charge >= 0.3 is 0 Å². The maximum Gasteiger partial charge on any atom is 0.245 e. The number of hydrogen-bond acceptors (Lipinski definition) is 4. The molecule has 0 bridgehead atoms. The number of carbonyl (C=O) groups is 1. The molecule has 0 spiro atoms. The molecule has 4 nitrogen and oxygen atoms in total. The van der Waals surface area contributed by atoms with Gasteiger partial charge in [0.15, 0.2) is 0 Å². The van der Waals surface area contributed by atoms with Gasteiger partial charge in [0.1, 0.15) is 0 Å². The molecule has 2 N–H and O–H groups in total. The molecule has 3 rings (SSSR count). The number of thiophene rings is 1. The number of nitrogens with one attached hydrogen (secondary N) is 2. The van der Waals surface area contributed by atoms with Gasteiger partial charge < -0.3 is 5.32 Å². The minimum Gasteiger partial charge on any atom is -0.356 e. The summed E-state index contributed by atoms with van der Waals surface area (Å²) in [7, 11) is 0. The summed E-state index contributed by atoms with van der Waals surface area (Å²) in [5.41, 5.74) is 5.51. The van der Waals surface area contributed by atoms with E-state index in [2.05, 4.69) is 15.8 Å². The second-order valence-corrected chi connectivity index (χ2v) is 6.19. The van der Waals surface area contributed by atoms with E-state index in [9.17, 15) is 4.79 Å². The summed E-state index contributed by atoms with van der Waals surface area (Å²) in [5.74, 6) is -0.115. The molecular formula is C19H17N3OS. The summed E-state index contributed by atoms with van der Waals surface area (Å²) < 4.78 is 0. The molecule has 0 aliphatic rings. The lowest BCUT2D eigenvalue weighted by atomic mass is 10.2. The van der Waals surface area contributed by atoms with Gasteiger partial charge in [-0.1, -0.05) is 36.4 Å². The Morgan fingerprint density at radius 3 is 2.42 bits per heavy atom. The van der Waals surface area contributed by atoms with Gasteiger partial charge in [-0.2, -0.15) is 5.10 Å². The molecule has 1 amide bonds. The van der Waals surface area contributed by atoms with Crippen molar-refractivity contribution in [3.05, 3.63) is 82.6 Å². The van der Waals surface area contributed by atoms with Crippen LogP contribution in [0, 0.1) is 0 Å². The van der Waals surface area contributed by atoms with Crippen molar-refractivity contribution in [2.24, 2.45) is 5.10 Å². The third kappa shape index (κ3) is 4.79. The molecule has 2 aromatic carbocycles.